The molecule has 2 aliphatic heterocycles. The maximum atomic E-state index is 11.8. The van der Waals surface area contributed by atoms with Gasteiger partial charge in [-0.3, -0.25) is 9.48 Å². The zero-order valence-corrected chi connectivity index (χ0v) is 8.98. The summed E-state index contributed by atoms with van der Waals surface area (Å²) in [5, 5.41) is 7.10. The highest BCUT2D eigenvalue weighted by Gasteiger charge is 2.26. The number of anilines is 1. The number of carbonyl (C=O) groups excluding carboxylic acids is 1. The van der Waals surface area contributed by atoms with Crippen molar-refractivity contribution >= 4 is 11.6 Å². The molecule has 0 spiro atoms. The second kappa shape index (κ2) is 3.79. The number of ether oxygens (including phenoxy) is 1. The van der Waals surface area contributed by atoms with Crippen LogP contribution in [0.3, 0.4) is 0 Å². The molecule has 0 aliphatic carbocycles. The average molecular weight is 222 g/mol. The fraction of sp³-hybridized carbons (Fsp3) is 0.600. The molecule has 0 saturated carbocycles. The van der Waals surface area contributed by atoms with Crippen LogP contribution in [0.15, 0.2) is 6.20 Å². The number of nitrogens with one attached hydrogen (secondary N) is 1. The minimum absolute atomic E-state index is 0.0229. The van der Waals surface area contributed by atoms with Crippen molar-refractivity contribution in [1.82, 2.24) is 15.1 Å². The molecule has 3 heterocycles. The lowest BCUT2D eigenvalue weighted by molar-refractivity contribution is 0.0923. The van der Waals surface area contributed by atoms with E-state index in [9.17, 15) is 4.79 Å². The lowest BCUT2D eigenvalue weighted by Crippen LogP contribution is -2.40. The number of rotatable bonds is 1. The van der Waals surface area contributed by atoms with Crippen LogP contribution in [0.2, 0.25) is 0 Å². The van der Waals surface area contributed by atoms with Crippen LogP contribution in [0.5, 0.6) is 0 Å². The molecule has 1 fully saturated rings. The fourth-order valence-corrected chi connectivity index (χ4v) is 2.17. The molecule has 6 heteroatoms. The first kappa shape index (κ1) is 9.65. The molecule has 1 saturated heterocycles. The number of aromatic nitrogens is 2. The Morgan fingerprint density at radius 3 is 2.94 bits per heavy atom. The van der Waals surface area contributed by atoms with Crippen molar-refractivity contribution in [1.29, 1.82) is 0 Å². The van der Waals surface area contributed by atoms with Crippen LogP contribution < -0.4 is 10.2 Å². The van der Waals surface area contributed by atoms with E-state index in [1.807, 2.05) is 0 Å². The van der Waals surface area contributed by atoms with Gasteiger partial charge in [0.15, 0.2) is 0 Å². The van der Waals surface area contributed by atoms with Crippen molar-refractivity contribution in [3.63, 3.8) is 0 Å². The molecule has 0 unspecified atom stereocenters. The van der Waals surface area contributed by atoms with E-state index < -0.39 is 0 Å². The predicted molar refractivity (Wildman–Crippen MR) is 57.6 cm³/mol. The van der Waals surface area contributed by atoms with Gasteiger partial charge in [0, 0.05) is 19.6 Å². The highest BCUT2D eigenvalue weighted by atomic mass is 16.5. The summed E-state index contributed by atoms with van der Waals surface area (Å²) in [6.45, 7) is 4.50. The maximum Gasteiger partial charge on any atom is 0.271 e. The molecule has 1 amide bonds. The number of hydrogen-bond acceptors (Lipinski definition) is 4. The molecule has 6 nitrogen and oxygen atoms in total. The van der Waals surface area contributed by atoms with Crippen LogP contribution in [0.25, 0.3) is 0 Å². The van der Waals surface area contributed by atoms with Gasteiger partial charge in [-0.2, -0.15) is 5.10 Å². The van der Waals surface area contributed by atoms with Gasteiger partial charge in [0.1, 0.15) is 5.69 Å². The zero-order valence-electron chi connectivity index (χ0n) is 8.98. The highest BCUT2D eigenvalue weighted by molar-refractivity contribution is 5.98. The van der Waals surface area contributed by atoms with Gasteiger partial charge in [0.05, 0.1) is 31.6 Å². The number of carbonyl (C=O) groups is 1. The predicted octanol–water partition coefficient (Wildman–Crippen LogP) is -0.537. The third kappa shape index (κ3) is 1.46. The minimum Gasteiger partial charge on any atom is -0.378 e. The molecule has 0 aromatic carbocycles. The Hall–Kier alpha value is -1.56. The van der Waals surface area contributed by atoms with Gasteiger partial charge < -0.3 is 15.0 Å². The van der Waals surface area contributed by atoms with Crippen molar-refractivity contribution in [3.05, 3.63) is 11.9 Å². The van der Waals surface area contributed by atoms with Gasteiger partial charge in [0.25, 0.3) is 5.91 Å². The fourth-order valence-electron chi connectivity index (χ4n) is 2.17. The van der Waals surface area contributed by atoms with E-state index in [4.69, 9.17) is 4.74 Å². The summed E-state index contributed by atoms with van der Waals surface area (Å²) >= 11 is 0. The van der Waals surface area contributed by atoms with Crippen molar-refractivity contribution in [2.45, 2.75) is 6.54 Å². The summed E-state index contributed by atoms with van der Waals surface area (Å²) in [5.41, 5.74) is 1.62. The third-order valence-electron chi connectivity index (χ3n) is 3.00. The first-order valence-corrected chi connectivity index (χ1v) is 5.53. The van der Waals surface area contributed by atoms with Gasteiger partial charge in [-0.05, 0) is 0 Å². The van der Waals surface area contributed by atoms with E-state index in [0.29, 0.717) is 25.5 Å². The van der Waals surface area contributed by atoms with Crippen LogP contribution in [-0.2, 0) is 11.3 Å². The van der Waals surface area contributed by atoms with Crippen molar-refractivity contribution in [3.8, 4) is 0 Å². The molecule has 0 bridgehead atoms. The van der Waals surface area contributed by atoms with Crippen molar-refractivity contribution < 1.29 is 9.53 Å². The summed E-state index contributed by atoms with van der Waals surface area (Å²) < 4.78 is 7.08. The van der Waals surface area contributed by atoms with E-state index in [0.717, 1.165) is 25.3 Å². The van der Waals surface area contributed by atoms with E-state index >= 15 is 0 Å². The van der Waals surface area contributed by atoms with E-state index in [1.165, 1.54) is 0 Å². The van der Waals surface area contributed by atoms with Crippen LogP contribution in [0.4, 0.5) is 5.69 Å². The smallest absolute Gasteiger partial charge is 0.271 e. The summed E-state index contributed by atoms with van der Waals surface area (Å²) in [5.74, 6) is -0.0229. The Morgan fingerprint density at radius 1 is 1.31 bits per heavy atom. The number of nitrogens with zero attached hydrogens (tertiary/aromatic N) is 3. The molecule has 2 aliphatic rings. The Morgan fingerprint density at radius 2 is 2.12 bits per heavy atom. The molecule has 1 N–H and O–H groups in total. The summed E-state index contributed by atoms with van der Waals surface area (Å²) in [7, 11) is 0. The number of fused-ring (bicyclic) bond motifs is 1. The second-order valence-electron chi connectivity index (χ2n) is 3.96. The number of morpholine rings is 1. The summed E-state index contributed by atoms with van der Waals surface area (Å²) in [4.78, 5) is 13.9. The van der Waals surface area contributed by atoms with Gasteiger partial charge in [-0.1, -0.05) is 0 Å². The first-order valence-electron chi connectivity index (χ1n) is 5.53. The normalized spacial score (nSPS) is 20.5. The molecule has 86 valence electrons. The topological polar surface area (TPSA) is 59.4 Å². The lowest BCUT2D eigenvalue weighted by atomic mass is 10.2. The molecule has 1 aromatic rings. The quantitative estimate of drug-likeness (QED) is 0.693. The largest absolute Gasteiger partial charge is 0.378 e. The number of amides is 1. The Kier molecular flexibility index (Phi) is 2.28. The average Bonchev–Trinajstić information content (AvgIpc) is 2.75. The van der Waals surface area contributed by atoms with Crippen molar-refractivity contribution in [2.75, 3.05) is 37.7 Å². The first-order chi connectivity index (χ1) is 7.86. The molecule has 1 aromatic heterocycles. The molecule has 16 heavy (non-hydrogen) atoms. The van der Waals surface area contributed by atoms with E-state index in [2.05, 4.69) is 15.3 Å². The van der Waals surface area contributed by atoms with Gasteiger partial charge in [-0.25, -0.2) is 0 Å². The molecular weight excluding hydrogens is 208 g/mol. The van der Waals surface area contributed by atoms with E-state index in [1.54, 1.807) is 10.9 Å². The van der Waals surface area contributed by atoms with Gasteiger partial charge in [-0.15, -0.1) is 0 Å². The third-order valence-corrected chi connectivity index (χ3v) is 3.00. The van der Waals surface area contributed by atoms with Gasteiger partial charge in [0.2, 0.25) is 0 Å². The van der Waals surface area contributed by atoms with Gasteiger partial charge >= 0.3 is 0 Å². The molecule has 0 atom stereocenters. The highest BCUT2D eigenvalue weighted by Crippen LogP contribution is 2.22. The monoisotopic (exact) mass is 222 g/mol. The van der Waals surface area contributed by atoms with Crippen LogP contribution >= 0.6 is 0 Å². The standard InChI is InChI=1S/C10H14N4O2/c15-10-9-8(13-3-5-16-6-4-13)7-12-14(9)2-1-11-10/h7H,1-6H2,(H,11,15). The summed E-state index contributed by atoms with van der Waals surface area (Å²) in [6.07, 6.45) is 1.78. The zero-order chi connectivity index (χ0) is 11.0. The van der Waals surface area contributed by atoms with Crippen LogP contribution in [0.1, 0.15) is 10.5 Å². The number of hydrogen-bond donors (Lipinski definition) is 1. The Balaban J connectivity index is 1.95. The molecular formula is C10H14N4O2. The second-order valence-corrected chi connectivity index (χ2v) is 3.96. The Labute approximate surface area is 93.2 Å². The minimum atomic E-state index is -0.0229. The maximum absolute atomic E-state index is 11.8. The van der Waals surface area contributed by atoms with Crippen LogP contribution in [-0.4, -0.2) is 48.5 Å². The van der Waals surface area contributed by atoms with Crippen molar-refractivity contribution in [2.24, 2.45) is 0 Å². The Bertz CT molecular complexity index is 409. The van der Waals surface area contributed by atoms with Crippen LogP contribution in [0, 0.1) is 0 Å². The SMILES string of the molecule is O=C1NCCn2ncc(N3CCOCC3)c21. The lowest BCUT2D eigenvalue weighted by Gasteiger charge is -2.29. The molecule has 0 radical (unpaired) electrons. The molecule has 3 rings (SSSR count). The van der Waals surface area contributed by atoms with E-state index in [-0.39, 0.29) is 5.91 Å². The summed E-state index contributed by atoms with van der Waals surface area (Å²) in [6, 6.07) is 0.